The number of hydrogen-bond donors (Lipinski definition) is 1. The molecule has 1 rings (SSSR count). The Balaban J connectivity index is 2.70. The molecule has 2 nitrogen and oxygen atoms in total. The highest BCUT2D eigenvalue weighted by molar-refractivity contribution is 6.30. The number of benzene rings is 1. The number of aryl methyl sites for hydroxylation is 2. The van der Waals surface area contributed by atoms with Gasteiger partial charge in [-0.05, 0) is 55.9 Å². The van der Waals surface area contributed by atoms with Crippen LogP contribution in [0.15, 0.2) is 42.5 Å². The number of hydrogen-bond acceptors (Lipinski definition) is 1. The van der Waals surface area contributed by atoms with Gasteiger partial charge in [0, 0.05) is 17.6 Å². The van der Waals surface area contributed by atoms with Gasteiger partial charge in [0.1, 0.15) is 0 Å². The molecule has 0 spiro atoms. The fourth-order valence-electron chi connectivity index (χ4n) is 2.15. The van der Waals surface area contributed by atoms with Gasteiger partial charge in [-0.1, -0.05) is 29.8 Å². The van der Waals surface area contributed by atoms with Crippen LogP contribution in [0.4, 0.5) is 0 Å². The number of halogens is 1. The average Bonchev–Trinajstić information content (AvgIpc) is 2.41. The van der Waals surface area contributed by atoms with Crippen molar-refractivity contribution in [2.24, 2.45) is 5.92 Å². The molecule has 0 saturated heterocycles. The predicted octanol–water partition coefficient (Wildman–Crippen LogP) is 4.08. The van der Waals surface area contributed by atoms with E-state index in [-0.39, 0.29) is 11.8 Å². The third kappa shape index (κ3) is 5.22. The maximum absolute atomic E-state index is 11.5. The van der Waals surface area contributed by atoms with Gasteiger partial charge in [0.15, 0.2) is 0 Å². The van der Waals surface area contributed by atoms with Gasteiger partial charge in [0.25, 0.3) is 0 Å². The second kappa shape index (κ2) is 7.91. The summed E-state index contributed by atoms with van der Waals surface area (Å²) in [6.07, 6.45) is 5.67. The first kappa shape index (κ1) is 16.5. The Hall–Kier alpha value is -1.54. The van der Waals surface area contributed by atoms with Gasteiger partial charge in [-0.2, -0.15) is 0 Å². The first-order valence-corrected chi connectivity index (χ1v) is 7.13. The number of carbonyl (C=O) groups excluding carboxylic acids is 1. The molecular weight excluding hydrogens is 270 g/mol. The van der Waals surface area contributed by atoms with E-state index in [1.54, 1.807) is 7.05 Å². The third-order valence-electron chi connectivity index (χ3n) is 3.22. The van der Waals surface area contributed by atoms with Crippen molar-refractivity contribution in [3.8, 4) is 0 Å². The number of allylic oxidation sites excluding steroid dienone is 2. The van der Waals surface area contributed by atoms with E-state index in [2.05, 4.69) is 18.0 Å². The molecule has 0 saturated carbocycles. The number of nitrogens with one attached hydrogen (secondary N) is 1. The van der Waals surface area contributed by atoms with Gasteiger partial charge < -0.3 is 5.32 Å². The summed E-state index contributed by atoms with van der Waals surface area (Å²) in [6.45, 7) is 7.70. The van der Waals surface area contributed by atoms with E-state index in [0.717, 1.165) is 23.4 Å². The lowest BCUT2D eigenvalue weighted by molar-refractivity contribution is -0.117. The Bertz CT molecular complexity index is 499. The number of rotatable bonds is 6. The van der Waals surface area contributed by atoms with E-state index in [4.69, 9.17) is 11.6 Å². The van der Waals surface area contributed by atoms with Crippen molar-refractivity contribution in [3.05, 3.63) is 58.7 Å². The molecule has 1 aromatic carbocycles. The molecule has 108 valence electrons. The fourth-order valence-corrected chi connectivity index (χ4v) is 2.47. The van der Waals surface area contributed by atoms with Gasteiger partial charge in [-0.15, -0.1) is 6.58 Å². The molecule has 0 fully saturated rings. The standard InChI is InChI=1S/C17H22ClNO/c1-5-14(10-13(3)17(20)19-4)6-7-15-8-12(2)9-16(18)11-15/h5,8-11,14H,1,6-7H2,2-4H3,(H,19,20)/b13-10+. The van der Waals surface area contributed by atoms with Crippen molar-refractivity contribution in [3.63, 3.8) is 0 Å². The van der Waals surface area contributed by atoms with E-state index in [1.165, 1.54) is 11.1 Å². The molecule has 0 aromatic heterocycles. The van der Waals surface area contributed by atoms with Gasteiger partial charge >= 0.3 is 0 Å². The van der Waals surface area contributed by atoms with Crippen molar-refractivity contribution in [2.45, 2.75) is 26.7 Å². The lowest BCUT2D eigenvalue weighted by Crippen LogP contribution is -2.19. The lowest BCUT2D eigenvalue weighted by Gasteiger charge is -2.10. The van der Waals surface area contributed by atoms with Crippen molar-refractivity contribution < 1.29 is 4.79 Å². The molecule has 3 heteroatoms. The predicted molar refractivity (Wildman–Crippen MR) is 86.0 cm³/mol. The first-order valence-electron chi connectivity index (χ1n) is 6.75. The molecule has 1 amide bonds. The largest absolute Gasteiger partial charge is 0.355 e. The Kier molecular flexibility index (Phi) is 6.53. The molecule has 0 aliphatic heterocycles. The summed E-state index contributed by atoms with van der Waals surface area (Å²) in [5.74, 6) is 0.141. The van der Waals surface area contributed by atoms with Crippen molar-refractivity contribution in [1.82, 2.24) is 5.32 Å². The minimum absolute atomic E-state index is 0.0459. The van der Waals surface area contributed by atoms with Crippen molar-refractivity contribution >= 4 is 17.5 Å². The number of amides is 1. The quantitative estimate of drug-likeness (QED) is 0.621. The van der Waals surface area contributed by atoms with Gasteiger partial charge in [-0.25, -0.2) is 0 Å². The zero-order valence-corrected chi connectivity index (χ0v) is 13.1. The summed E-state index contributed by atoms with van der Waals surface area (Å²) in [7, 11) is 1.64. The Morgan fingerprint density at radius 3 is 2.70 bits per heavy atom. The Labute approximate surface area is 126 Å². The second-order valence-corrected chi connectivity index (χ2v) is 5.44. The van der Waals surface area contributed by atoms with E-state index < -0.39 is 0 Å². The number of carbonyl (C=O) groups is 1. The normalized spacial score (nSPS) is 12.9. The highest BCUT2D eigenvalue weighted by atomic mass is 35.5. The molecule has 0 aliphatic rings. The average molecular weight is 292 g/mol. The maximum atomic E-state index is 11.5. The van der Waals surface area contributed by atoms with Crippen LogP contribution >= 0.6 is 11.6 Å². The molecule has 1 atom stereocenters. The maximum Gasteiger partial charge on any atom is 0.246 e. The van der Waals surface area contributed by atoms with E-state index in [0.29, 0.717) is 0 Å². The van der Waals surface area contributed by atoms with Crippen LogP contribution in [0, 0.1) is 12.8 Å². The molecular formula is C17H22ClNO. The molecule has 0 bridgehead atoms. The summed E-state index contributed by atoms with van der Waals surface area (Å²) in [5, 5.41) is 3.39. The first-order chi connectivity index (χ1) is 9.46. The summed E-state index contributed by atoms with van der Waals surface area (Å²) >= 11 is 6.06. The molecule has 0 radical (unpaired) electrons. The summed E-state index contributed by atoms with van der Waals surface area (Å²) < 4.78 is 0. The number of likely N-dealkylation sites (N-methyl/N-ethyl adjacent to an activating group) is 1. The van der Waals surface area contributed by atoms with Gasteiger partial charge in [0.05, 0.1) is 0 Å². The molecule has 20 heavy (non-hydrogen) atoms. The molecule has 0 heterocycles. The third-order valence-corrected chi connectivity index (χ3v) is 3.44. The van der Waals surface area contributed by atoms with Crippen LogP contribution < -0.4 is 5.32 Å². The highest BCUT2D eigenvalue weighted by Crippen LogP contribution is 2.19. The summed E-state index contributed by atoms with van der Waals surface area (Å²) in [5.41, 5.74) is 3.10. The lowest BCUT2D eigenvalue weighted by atomic mass is 9.96. The molecule has 1 unspecified atom stereocenters. The fraction of sp³-hybridized carbons (Fsp3) is 0.353. The Morgan fingerprint density at radius 1 is 1.45 bits per heavy atom. The SMILES string of the molecule is C=CC(/C=C(\C)C(=O)NC)CCc1cc(C)cc(Cl)c1. The van der Waals surface area contributed by atoms with E-state index in [9.17, 15) is 4.79 Å². The monoisotopic (exact) mass is 291 g/mol. The summed E-state index contributed by atoms with van der Waals surface area (Å²) in [4.78, 5) is 11.5. The van der Waals surface area contributed by atoms with Gasteiger partial charge in [0.2, 0.25) is 5.91 Å². The van der Waals surface area contributed by atoms with E-state index in [1.807, 2.05) is 38.1 Å². The minimum atomic E-state index is -0.0459. The smallest absolute Gasteiger partial charge is 0.246 e. The van der Waals surface area contributed by atoms with E-state index >= 15 is 0 Å². The van der Waals surface area contributed by atoms with Crippen molar-refractivity contribution in [2.75, 3.05) is 7.05 Å². The Morgan fingerprint density at radius 2 is 2.15 bits per heavy atom. The molecule has 0 aliphatic carbocycles. The van der Waals surface area contributed by atoms with Crippen LogP contribution in [-0.4, -0.2) is 13.0 Å². The zero-order valence-electron chi connectivity index (χ0n) is 12.4. The van der Waals surface area contributed by atoms with Crippen LogP contribution in [0.3, 0.4) is 0 Å². The minimum Gasteiger partial charge on any atom is -0.355 e. The summed E-state index contributed by atoms with van der Waals surface area (Å²) in [6, 6.07) is 6.08. The zero-order chi connectivity index (χ0) is 15.1. The molecule has 1 aromatic rings. The van der Waals surface area contributed by atoms with Crippen molar-refractivity contribution in [1.29, 1.82) is 0 Å². The van der Waals surface area contributed by atoms with Gasteiger partial charge in [-0.3, -0.25) is 4.79 Å². The van der Waals surface area contributed by atoms with Crippen LogP contribution in [-0.2, 0) is 11.2 Å². The van der Waals surface area contributed by atoms with Crippen LogP contribution in [0.2, 0.25) is 5.02 Å². The van der Waals surface area contributed by atoms with Crippen LogP contribution in [0.5, 0.6) is 0 Å². The highest BCUT2D eigenvalue weighted by Gasteiger charge is 2.07. The molecule has 1 N–H and O–H groups in total. The topological polar surface area (TPSA) is 29.1 Å². The second-order valence-electron chi connectivity index (χ2n) is 5.00. The van der Waals surface area contributed by atoms with Crippen LogP contribution in [0.25, 0.3) is 0 Å². The van der Waals surface area contributed by atoms with Crippen LogP contribution in [0.1, 0.15) is 24.5 Å².